The first kappa shape index (κ1) is 19.6. The first-order valence-electron chi connectivity index (χ1n) is 8.55. The Kier molecular flexibility index (Phi) is 6.82. The maximum absolute atomic E-state index is 12.6. The van der Waals surface area contributed by atoms with E-state index in [0.29, 0.717) is 5.02 Å². The molecule has 2 aromatic rings. The maximum atomic E-state index is 12.6. The minimum absolute atomic E-state index is 0.00677. The number of hydrogen-bond acceptors (Lipinski definition) is 3. The van der Waals surface area contributed by atoms with Gasteiger partial charge < -0.3 is 10.6 Å². The molecule has 2 N–H and O–H groups in total. The molecule has 0 aromatic heterocycles. The van der Waals surface area contributed by atoms with Crippen LogP contribution in [0.4, 0.5) is 11.4 Å². The van der Waals surface area contributed by atoms with Crippen LogP contribution in [-0.4, -0.2) is 5.91 Å². The quantitative estimate of drug-likeness (QED) is 0.542. The molecular formula is C21H22ClN3O. The minimum Gasteiger partial charge on any atom is -0.360 e. The van der Waals surface area contributed by atoms with Gasteiger partial charge in [0, 0.05) is 22.6 Å². The molecule has 0 aliphatic heterocycles. The van der Waals surface area contributed by atoms with E-state index in [4.69, 9.17) is 11.6 Å². The van der Waals surface area contributed by atoms with Crippen LogP contribution in [0.5, 0.6) is 0 Å². The molecule has 0 fully saturated rings. The molecular weight excluding hydrogens is 346 g/mol. The maximum Gasteiger partial charge on any atom is 0.267 e. The lowest BCUT2D eigenvalue weighted by molar-refractivity contribution is -0.112. The predicted octanol–water partition coefficient (Wildman–Crippen LogP) is 5.23. The van der Waals surface area contributed by atoms with Crippen molar-refractivity contribution in [3.8, 4) is 6.07 Å². The second-order valence-corrected chi connectivity index (χ2v) is 6.32. The summed E-state index contributed by atoms with van der Waals surface area (Å²) < 4.78 is 0. The van der Waals surface area contributed by atoms with Gasteiger partial charge in [-0.25, -0.2) is 0 Å². The molecule has 0 saturated heterocycles. The molecule has 2 aromatic carbocycles. The summed E-state index contributed by atoms with van der Waals surface area (Å²) in [6.07, 6.45) is 3.03. The highest BCUT2D eigenvalue weighted by molar-refractivity contribution is 6.30. The molecule has 1 amide bonds. The predicted molar refractivity (Wildman–Crippen MR) is 107 cm³/mol. The lowest BCUT2D eigenvalue weighted by atomic mass is 10.0. The second-order valence-electron chi connectivity index (χ2n) is 5.89. The number of nitrogens with one attached hydrogen (secondary N) is 2. The van der Waals surface area contributed by atoms with Gasteiger partial charge in [-0.3, -0.25) is 4.79 Å². The first-order valence-corrected chi connectivity index (χ1v) is 8.93. The van der Waals surface area contributed by atoms with Crippen molar-refractivity contribution >= 4 is 28.9 Å². The Bertz CT molecular complexity index is 859. The highest BCUT2D eigenvalue weighted by atomic mass is 35.5. The number of anilines is 2. The summed E-state index contributed by atoms with van der Waals surface area (Å²) in [5.41, 5.74) is 4.63. The zero-order valence-electron chi connectivity index (χ0n) is 15.2. The van der Waals surface area contributed by atoms with Crippen LogP contribution in [0.25, 0.3) is 0 Å². The number of benzene rings is 2. The summed E-state index contributed by atoms with van der Waals surface area (Å²) in [5.74, 6) is -0.429. The van der Waals surface area contributed by atoms with Crippen LogP contribution in [0, 0.1) is 18.3 Å². The Morgan fingerprint density at radius 3 is 2.38 bits per heavy atom. The van der Waals surface area contributed by atoms with Crippen LogP contribution >= 0.6 is 11.6 Å². The number of hydrogen-bond donors (Lipinski definition) is 2. The summed E-state index contributed by atoms with van der Waals surface area (Å²) >= 11 is 5.95. The number of amides is 1. The van der Waals surface area contributed by atoms with E-state index in [0.717, 1.165) is 40.9 Å². The first-order chi connectivity index (χ1) is 12.5. The van der Waals surface area contributed by atoms with Crippen molar-refractivity contribution in [3.05, 3.63) is 69.9 Å². The van der Waals surface area contributed by atoms with Gasteiger partial charge in [0.25, 0.3) is 5.91 Å². The molecule has 0 radical (unpaired) electrons. The Labute approximate surface area is 159 Å². The molecule has 0 aliphatic carbocycles. The third-order valence-electron chi connectivity index (χ3n) is 4.16. The fourth-order valence-electron chi connectivity index (χ4n) is 2.67. The number of nitrogens with zero attached hydrogens (tertiary/aromatic N) is 1. The number of nitriles is 1. The van der Waals surface area contributed by atoms with Gasteiger partial charge in [0.15, 0.2) is 0 Å². The van der Waals surface area contributed by atoms with Crippen LogP contribution in [-0.2, 0) is 17.6 Å². The number of aryl methyl sites for hydroxylation is 3. The van der Waals surface area contributed by atoms with Crippen molar-refractivity contribution in [1.82, 2.24) is 0 Å². The highest BCUT2D eigenvalue weighted by Gasteiger charge is 2.14. The van der Waals surface area contributed by atoms with Crippen molar-refractivity contribution in [3.63, 3.8) is 0 Å². The molecule has 5 heteroatoms. The van der Waals surface area contributed by atoms with E-state index in [-0.39, 0.29) is 5.57 Å². The van der Waals surface area contributed by atoms with Gasteiger partial charge in [0.2, 0.25) is 0 Å². The van der Waals surface area contributed by atoms with E-state index in [1.165, 1.54) is 6.20 Å². The Balaban J connectivity index is 2.23. The molecule has 134 valence electrons. The van der Waals surface area contributed by atoms with Gasteiger partial charge in [-0.05, 0) is 54.7 Å². The Hall–Kier alpha value is -2.77. The molecule has 0 aliphatic rings. The molecule has 0 atom stereocenters. The van der Waals surface area contributed by atoms with Crippen molar-refractivity contribution in [2.24, 2.45) is 0 Å². The Morgan fingerprint density at radius 2 is 1.85 bits per heavy atom. The number of rotatable bonds is 6. The summed E-state index contributed by atoms with van der Waals surface area (Å²) in [7, 11) is 0. The molecule has 4 nitrogen and oxygen atoms in total. The topological polar surface area (TPSA) is 64.9 Å². The van der Waals surface area contributed by atoms with Gasteiger partial charge in [-0.1, -0.05) is 43.6 Å². The smallest absolute Gasteiger partial charge is 0.267 e. The zero-order chi connectivity index (χ0) is 19.1. The average Bonchev–Trinajstić information content (AvgIpc) is 2.63. The average molecular weight is 368 g/mol. The molecule has 0 heterocycles. The molecule has 2 rings (SSSR count). The monoisotopic (exact) mass is 367 g/mol. The third kappa shape index (κ3) is 4.65. The van der Waals surface area contributed by atoms with Crippen LogP contribution < -0.4 is 10.6 Å². The lowest BCUT2D eigenvalue weighted by Crippen LogP contribution is -2.17. The lowest BCUT2D eigenvalue weighted by Gasteiger charge is -2.14. The zero-order valence-corrected chi connectivity index (χ0v) is 15.9. The fourth-order valence-corrected chi connectivity index (χ4v) is 2.90. The second kappa shape index (κ2) is 9.07. The van der Waals surface area contributed by atoms with Crippen LogP contribution in [0.3, 0.4) is 0 Å². The summed E-state index contributed by atoms with van der Waals surface area (Å²) in [6.45, 7) is 5.98. The Morgan fingerprint density at radius 1 is 1.19 bits per heavy atom. The van der Waals surface area contributed by atoms with E-state index in [1.54, 1.807) is 6.07 Å². The number of para-hydroxylation sites is 1. The SMILES string of the molecule is CCc1cccc(CC)c1NC(=O)/C(C#N)=C\Nc1ccc(Cl)cc1C. The number of carbonyl (C=O) groups is 1. The molecule has 0 spiro atoms. The van der Waals surface area contributed by atoms with Crippen LogP contribution in [0.15, 0.2) is 48.2 Å². The summed E-state index contributed by atoms with van der Waals surface area (Å²) in [4.78, 5) is 12.6. The largest absolute Gasteiger partial charge is 0.360 e. The van der Waals surface area contributed by atoms with Crippen molar-refractivity contribution in [2.75, 3.05) is 10.6 Å². The van der Waals surface area contributed by atoms with Crippen LogP contribution in [0.2, 0.25) is 5.02 Å². The molecule has 26 heavy (non-hydrogen) atoms. The number of halogens is 1. The summed E-state index contributed by atoms with van der Waals surface area (Å²) in [5, 5.41) is 15.9. The fraction of sp³-hybridized carbons (Fsp3) is 0.238. The van der Waals surface area contributed by atoms with Crippen molar-refractivity contribution < 1.29 is 4.79 Å². The van der Waals surface area contributed by atoms with Crippen molar-refractivity contribution in [2.45, 2.75) is 33.6 Å². The van der Waals surface area contributed by atoms with E-state index >= 15 is 0 Å². The van der Waals surface area contributed by atoms with Gasteiger partial charge in [-0.15, -0.1) is 0 Å². The third-order valence-corrected chi connectivity index (χ3v) is 4.40. The van der Waals surface area contributed by atoms with Gasteiger partial charge >= 0.3 is 0 Å². The van der Waals surface area contributed by atoms with E-state index in [2.05, 4.69) is 10.6 Å². The van der Waals surface area contributed by atoms with Gasteiger partial charge in [0.05, 0.1) is 0 Å². The van der Waals surface area contributed by atoms with Gasteiger partial charge in [-0.2, -0.15) is 5.26 Å². The normalized spacial score (nSPS) is 11.0. The molecule has 0 saturated carbocycles. The minimum atomic E-state index is -0.429. The van der Waals surface area contributed by atoms with E-state index < -0.39 is 5.91 Å². The van der Waals surface area contributed by atoms with Crippen molar-refractivity contribution in [1.29, 1.82) is 5.26 Å². The molecule has 0 unspecified atom stereocenters. The van der Waals surface area contributed by atoms with Gasteiger partial charge in [0.1, 0.15) is 11.6 Å². The number of carbonyl (C=O) groups excluding carboxylic acids is 1. The van der Waals surface area contributed by atoms with Crippen LogP contribution in [0.1, 0.15) is 30.5 Å². The molecule has 0 bridgehead atoms. The highest BCUT2D eigenvalue weighted by Crippen LogP contribution is 2.23. The van der Waals surface area contributed by atoms with E-state index in [9.17, 15) is 10.1 Å². The standard InChI is InChI=1S/C21H22ClN3O/c1-4-15-7-6-8-16(5-2)20(15)25-21(26)17(12-23)13-24-19-10-9-18(22)11-14(19)3/h6-11,13,24H,4-5H2,1-3H3,(H,25,26)/b17-13-. The van der Waals surface area contributed by atoms with E-state index in [1.807, 2.05) is 57.2 Å². The summed E-state index contributed by atoms with van der Waals surface area (Å²) in [6, 6.07) is 13.3.